The molecule has 122 valence electrons. The van der Waals surface area contributed by atoms with Crippen molar-refractivity contribution in [3.8, 4) is 0 Å². The Balaban J connectivity index is 1.73. The lowest BCUT2D eigenvalue weighted by Crippen LogP contribution is -2.50. The molecular formula is C15H22N2O3S2. The minimum absolute atomic E-state index is 0.104. The molecule has 0 aliphatic carbocycles. The van der Waals surface area contributed by atoms with Gasteiger partial charge in [-0.05, 0) is 19.1 Å². The molecule has 0 atom stereocenters. The Kier molecular flexibility index (Phi) is 5.88. The molecule has 0 saturated carbocycles. The van der Waals surface area contributed by atoms with Crippen molar-refractivity contribution in [2.75, 3.05) is 38.2 Å². The highest BCUT2D eigenvalue weighted by molar-refractivity contribution is 7.99. The van der Waals surface area contributed by atoms with Gasteiger partial charge in [0.05, 0.1) is 6.26 Å². The number of thioether (sulfide) groups is 1. The van der Waals surface area contributed by atoms with Crippen LogP contribution >= 0.6 is 11.8 Å². The van der Waals surface area contributed by atoms with E-state index in [1.807, 2.05) is 6.92 Å². The van der Waals surface area contributed by atoms with Crippen molar-refractivity contribution >= 4 is 27.7 Å². The minimum Gasteiger partial charge on any atom is -0.340 e. The molecule has 1 fully saturated rings. The van der Waals surface area contributed by atoms with Crippen LogP contribution in [0.25, 0.3) is 0 Å². The number of hydrogen-bond donors (Lipinski definition) is 0. The highest BCUT2D eigenvalue weighted by Gasteiger charge is 2.25. The molecule has 0 radical (unpaired) electrons. The van der Waals surface area contributed by atoms with E-state index < -0.39 is 10.0 Å². The van der Waals surface area contributed by atoms with Gasteiger partial charge in [-0.3, -0.25) is 4.79 Å². The maximum atomic E-state index is 12.1. The van der Waals surface area contributed by atoms with E-state index in [2.05, 4.69) is 24.3 Å². The van der Waals surface area contributed by atoms with E-state index in [1.54, 1.807) is 16.7 Å². The molecule has 5 nitrogen and oxygen atoms in total. The standard InChI is InChI=1S/C15H22N2O3S2/c1-13-3-5-14(6-4-13)21-12-7-15(18)16-8-10-17(11-9-16)22(2,19)20/h3-6H,7-12H2,1-2H3. The fourth-order valence-electron chi connectivity index (χ4n) is 2.32. The van der Waals surface area contributed by atoms with Crippen molar-refractivity contribution in [1.29, 1.82) is 0 Å². The third-order valence-electron chi connectivity index (χ3n) is 3.67. The first-order valence-corrected chi connectivity index (χ1v) is 10.1. The van der Waals surface area contributed by atoms with Gasteiger partial charge >= 0.3 is 0 Å². The number of nitrogens with zero attached hydrogens (tertiary/aromatic N) is 2. The van der Waals surface area contributed by atoms with Gasteiger partial charge in [-0.2, -0.15) is 4.31 Å². The molecule has 0 bridgehead atoms. The van der Waals surface area contributed by atoms with Gasteiger partial charge in [0.1, 0.15) is 0 Å². The van der Waals surface area contributed by atoms with Gasteiger partial charge in [-0.15, -0.1) is 11.8 Å². The molecule has 1 aliphatic heterocycles. The summed E-state index contributed by atoms with van der Waals surface area (Å²) in [6.45, 7) is 3.82. The van der Waals surface area contributed by atoms with Gasteiger partial charge in [0, 0.05) is 43.2 Å². The van der Waals surface area contributed by atoms with Gasteiger partial charge in [0.25, 0.3) is 0 Å². The summed E-state index contributed by atoms with van der Waals surface area (Å²) in [5.41, 5.74) is 1.23. The summed E-state index contributed by atoms with van der Waals surface area (Å²) in [4.78, 5) is 15.1. The minimum atomic E-state index is -3.14. The maximum Gasteiger partial charge on any atom is 0.223 e. The Hall–Kier alpha value is -1.05. The van der Waals surface area contributed by atoms with E-state index >= 15 is 0 Å². The monoisotopic (exact) mass is 342 g/mol. The molecule has 2 rings (SSSR count). The molecular weight excluding hydrogens is 320 g/mol. The number of aryl methyl sites for hydroxylation is 1. The number of rotatable bonds is 5. The number of amides is 1. The van der Waals surface area contributed by atoms with E-state index in [0.29, 0.717) is 32.6 Å². The van der Waals surface area contributed by atoms with Crippen LogP contribution in [0.2, 0.25) is 0 Å². The second kappa shape index (κ2) is 7.48. The van der Waals surface area contributed by atoms with Crippen molar-refractivity contribution in [3.05, 3.63) is 29.8 Å². The summed E-state index contributed by atoms with van der Waals surface area (Å²) in [6, 6.07) is 8.26. The van der Waals surface area contributed by atoms with Gasteiger partial charge < -0.3 is 4.90 Å². The number of benzene rings is 1. The van der Waals surface area contributed by atoms with E-state index in [0.717, 1.165) is 5.75 Å². The molecule has 1 amide bonds. The Morgan fingerprint density at radius 2 is 1.73 bits per heavy atom. The normalized spacial score (nSPS) is 16.7. The van der Waals surface area contributed by atoms with Crippen LogP contribution in [0.3, 0.4) is 0 Å². The number of carbonyl (C=O) groups is 1. The molecule has 1 heterocycles. The Morgan fingerprint density at radius 3 is 2.27 bits per heavy atom. The zero-order valence-electron chi connectivity index (χ0n) is 13.0. The first kappa shape index (κ1) is 17.3. The van der Waals surface area contributed by atoms with E-state index in [-0.39, 0.29) is 5.91 Å². The SMILES string of the molecule is Cc1ccc(SCCC(=O)N2CCN(S(C)(=O)=O)CC2)cc1. The fraction of sp³-hybridized carbons (Fsp3) is 0.533. The van der Waals surface area contributed by atoms with E-state index in [4.69, 9.17) is 0 Å². The Bertz CT molecular complexity index is 606. The van der Waals surface area contributed by atoms with Gasteiger partial charge in [-0.25, -0.2) is 8.42 Å². The van der Waals surface area contributed by atoms with Crippen LogP contribution < -0.4 is 0 Å². The maximum absolute atomic E-state index is 12.1. The second-order valence-corrected chi connectivity index (χ2v) is 8.61. The summed E-state index contributed by atoms with van der Waals surface area (Å²) in [7, 11) is -3.14. The molecule has 0 aromatic heterocycles. The smallest absolute Gasteiger partial charge is 0.223 e. The molecule has 0 spiro atoms. The lowest BCUT2D eigenvalue weighted by Gasteiger charge is -2.33. The van der Waals surface area contributed by atoms with Gasteiger partial charge in [0.15, 0.2) is 0 Å². The highest BCUT2D eigenvalue weighted by Crippen LogP contribution is 2.19. The first-order valence-electron chi connectivity index (χ1n) is 7.28. The summed E-state index contributed by atoms with van der Waals surface area (Å²) < 4.78 is 24.3. The van der Waals surface area contributed by atoms with Crippen LogP contribution in [-0.2, 0) is 14.8 Å². The van der Waals surface area contributed by atoms with E-state index in [9.17, 15) is 13.2 Å². The summed E-state index contributed by atoms with van der Waals surface area (Å²) in [6.07, 6.45) is 1.69. The van der Waals surface area contributed by atoms with Crippen molar-refractivity contribution < 1.29 is 13.2 Å². The largest absolute Gasteiger partial charge is 0.340 e. The molecule has 1 aromatic carbocycles. The highest BCUT2D eigenvalue weighted by atomic mass is 32.2. The van der Waals surface area contributed by atoms with Crippen LogP contribution in [0.5, 0.6) is 0 Å². The van der Waals surface area contributed by atoms with Crippen molar-refractivity contribution in [1.82, 2.24) is 9.21 Å². The van der Waals surface area contributed by atoms with Crippen LogP contribution in [0.4, 0.5) is 0 Å². The number of hydrogen-bond acceptors (Lipinski definition) is 4. The van der Waals surface area contributed by atoms with Crippen LogP contribution in [0.1, 0.15) is 12.0 Å². The predicted molar refractivity (Wildman–Crippen MR) is 89.5 cm³/mol. The Labute approximate surface area is 136 Å². The zero-order valence-corrected chi connectivity index (χ0v) is 14.6. The average Bonchev–Trinajstić information content (AvgIpc) is 2.48. The fourth-order valence-corrected chi connectivity index (χ4v) is 3.99. The van der Waals surface area contributed by atoms with Crippen molar-refractivity contribution in [2.45, 2.75) is 18.2 Å². The summed E-state index contributed by atoms with van der Waals surface area (Å²) >= 11 is 1.67. The molecule has 1 aliphatic rings. The van der Waals surface area contributed by atoms with Crippen molar-refractivity contribution in [3.63, 3.8) is 0 Å². The molecule has 0 N–H and O–H groups in total. The quantitative estimate of drug-likeness (QED) is 0.763. The Morgan fingerprint density at radius 1 is 1.14 bits per heavy atom. The third-order valence-corrected chi connectivity index (χ3v) is 5.98. The molecule has 22 heavy (non-hydrogen) atoms. The molecule has 1 aromatic rings. The van der Waals surface area contributed by atoms with E-state index in [1.165, 1.54) is 21.0 Å². The van der Waals surface area contributed by atoms with Gasteiger partial charge in [-0.1, -0.05) is 17.7 Å². The third kappa shape index (κ3) is 5.00. The summed E-state index contributed by atoms with van der Waals surface area (Å²) in [5, 5.41) is 0. The average molecular weight is 342 g/mol. The number of carbonyl (C=O) groups excluding carboxylic acids is 1. The predicted octanol–water partition coefficient (Wildman–Crippen LogP) is 1.58. The van der Waals surface area contributed by atoms with Crippen LogP contribution in [-0.4, -0.2) is 61.7 Å². The molecule has 1 saturated heterocycles. The zero-order chi connectivity index (χ0) is 16.2. The topological polar surface area (TPSA) is 57.7 Å². The lowest BCUT2D eigenvalue weighted by molar-refractivity contribution is -0.131. The summed E-state index contributed by atoms with van der Waals surface area (Å²) in [5.74, 6) is 0.849. The van der Waals surface area contributed by atoms with Gasteiger partial charge in [0.2, 0.25) is 15.9 Å². The first-order chi connectivity index (χ1) is 10.4. The second-order valence-electron chi connectivity index (χ2n) is 5.45. The van der Waals surface area contributed by atoms with Crippen LogP contribution in [0.15, 0.2) is 29.2 Å². The molecule has 0 unspecified atom stereocenters. The van der Waals surface area contributed by atoms with Crippen molar-refractivity contribution in [2.24, 2.45) is 0 Å². The lowest BCUT2D eigenvalue weighted by atomic mass is 10.2. The number of piperazine rings is 1. The van der Waals surface area contributed by atoms with Crippen LogP contribution in [0, 0.1) is 6.92 Å². The molecule has 7 heteroatoms. The number of sulfonamides is 1.